The van der Waals surface area contributed by atoms with Gasteiger partial charge in [-0.25, -0.2) is 0 Å². The van der Waals surface area contributed by atoms with Gasteiger partial charge in [0.05, 0.1) is 6.04 Å². The maximum Gasteiger partial charge on any atom is 0.258 e. The summed E-state index contributed by atoms with van der Waals surface area (Å²) in [5.41, 5.74) is 1.97. The molecule has 1 aliphatic rings. The Balaban J connectivity index is 1.84. The molecule has 1 aromatic heterocycles. The molecule has 0 aliphatic carbocycles. The van der Waals surface area contributed by atoms with Crippen LogP contribution in [0.15, 0.2) is 22.7 Å². The van der Waals surface area contributed by atoms with E-state index in [1.165, 1.54) is 0 Å². The van der Waals surface area contributed by atoms with Gasteiger partial charge in [-0.2, -0.15) is 4.98 Å². The highest BCUT2D eigenvalue weighted by Crippen LogP contribution is 2.27. The molecule has 1 N–H and O–H groups in total. The van der Waals surface area contributed by atoms with Gasteiger partial charge in [-0.3, -0.25) is 4.90 Å². The zero-order chi connectivity index (χ0) is 14.8. The summed E-state index contributed by atoms with van der Waals surface area (Å²) in [6.45, 7) is 8.13. The average Bonchev–Trinajstić information content (AvgIpc) is 2.99. The molecule has 1 aliphatic heterocycles. The summed E-state index contributed by atoms with van der Waals surface area (Å²) in [6, 6.07) is 5.84. The van der Waals surface area contributed by atoms with Crippen molar-refractivity contribution < 1.29 is 4.52 Å². The maximum atomic E-state index is 6.05. The van der Waals surface area contributed by atoms with Crippen molar-refractivity contribution in [3.8, 4) is 11.5 Å². The van der Waals surface area contributed by atoms with Crippen LogP contribution in [0.1, 0.15) is 24.4 Å². The van der Waals surface area contributed by atoms with Crippen molar-refractivity contribution in [2.24, 2.45) is 0 Å². The minimum atomic E-state index is 0.157. The van der Waals surface area contributed by atoms with Crippen LogP contribution >= 0.6 is 11.6 Å². The van der Waals surface area contributed by atoms with E-state index in [4.69, 9.17) is 16.1 Å². The minimum absolute atomic E-state index is 0.157. The number of nitrogens with one attached hydrogen (secondary N) is 1. The SMILES string of the molecule is Cc1ccc(Cl)cc1-c1nc(C(C)N2CCNCC2)no1. The molecular weight excluding hydrogens is 288 g/mol. The number of halogens is 1. The third-order valence-corrected chi connectivity index (χ3v) is 4.18. The number of hydrogen-bond acceptors (Lipinski definition) is 5. The van der Waals surface area contributed by atoms with Crippen molar-refractivity contribution in [3.05, 3.63) is 34.6 Å². The third kappa shape index (κ3) is 3.10. The first-order chi connectivity index (χ1) is 10.1. The second-order valence-electron chi connectivity index (χ2n) is 5.38. The predicted octanol–water partition coefficient (Wildman–Crippen LogP) is 2.66. The third-order valence-electron chi connectivity index (χ3n) is 3.94. The Labute approximate surface area is 129 Å². The van der Waals surface area contributed by atoms with Crippen LogP contribution in [0.3, 0.4) is 0 Å². The molecule has 2 aromatic rings. The summed E-state index contributed by atoms with van der Waals surface area (Å²) in [5.74, 6) is 1.26. The van der Waals surface area contributed by atoms with E-state index in [9.17, 15) is 0 Å². The first-order valence-corrected chi connectivity index (χ1v) is 7.58. The lowest BCUT2D eigenvalue weighted by molar-refractivity contribution is 0.176. The van der Waals surface area contributed by atoms with Gasteiger partial charge >= 0.3 is 0 Å². The Bertz CT molecular complexity index is 622. The lowest BCUT2D eigenvalue weighted by atomic mass is 10.1. The fourth-order valence-corrected chi connectivity index (χ4v) is 2.74. The van der Waals surface area contributed by atoms with Gasteiger partial charge in [0.25, 0.3) is 5.89 Å². The minimum Gasteiger partial charge on any atom is -0.334 e. The lowest BCUT2D eigenvalue weighted by Crippen LogP contribution is -2.44. The van der Waals surface area contributed by atoms with Gasteiger partial charge in [-0.15, -0.1) is 0 Å². The van der Waals surface area contributed by atoms with Crippen LogP contribution in [0.2, 0.25) is 5.02 Å². The quantitative estimate of drug-likeness (QED) is 0.945. The van der Waals surface area contributed by atoms with Gasteiger partial charge in [0.15, 0.2) is 5.82 Å². The smallest absolute Gasteiger partial charge is 0.258 e. The van der Waals surface area contributed by atoms with Crippen LogP contribution in [-0.2, 0) is 0 Å². The van der Waals surface area contributed by atoms with E-state index >= 15 is 0 Å². The van der Waals surface area contributed by atoms with Crippen LogP contribution in [0.4, 0.5) is 0 Å². The average molecular weight is 307 g/mol. The summed E-state index contributed by atoms with van der Waals surface area (Å²) >= 11 is 6.05. The normalized spacial score (nSPS) is 17.9. The summed E-state index contributed by atoms with van der Waals surface area (Å²) in [6.07, 6.45) is 0. The fraction of sp³-hybridized carbons (Fsp3) is 0.467. The summed E-state index contributed by atoms with van der Waals surface area (Å²) in [7, 11) is 0. The van der Waals surface area contributed by atoms with E-state index in [0.717, 1.165) is 43.1 Å². The zero-order valence-corrected chi connectivity index (χ0v) is 13.0. The summed E-state index contributed by atoms with van der Waals surface area (Å²) in [5, 5.41) is 8.16. The summed E-state index contributed by atoms with van der Waals surface area (Å²) < 4.78 is 5.44. The fourth-order valence-electron chi connectivity index (χ4n) is 2.57. The Kier molecular flexibility index (Phi) is 4.24. The number of piperazine rings is 1. The number of benzene rings is 1. The molecular formula is C15H19ClN4O. The zero-order valence-electron chi connectivity index (χ0n) is 12.3. The molecule has 1 saturated heterocycles. The predicted molar refractivity (Wildman–Crippen MR) is 82.3 cm³/mol. The molecule has 0 amide bonds. The lowest BCUT2D eigenvalue weighted by Gasteiger charge is -2.30. The van der Waals surface area contributed by atoms with Crippen LogP contribution in [0.25, 0.3) is 11.5 Å². The second-order valence-corrected chi connectivity index (χ2v) is 5.82. The number of nitrogens with zero attached hydrogens (tertiary/aromatic N) is 3. The highest BCUT2D eigenvalue weighted by atomic mass is 35.5. The van der Waals surface area contributed by atoms with Gasteiger partial charge in [-0.05, 0) is 31.5 Å². The number of rotatable bonds is 3. The van der Waals surface area contributed by atoms with E-state index in [-0.39, 0.29) is 6.04 Å². The van der Waals surface area contributed by atoms with Crippen LogP contribution < -0.4 is 5.32 Å². The molecule has 1 unspecified atom stereocenters. The van der Waals surface area contributed by atoms with Gasteiger partial charge in [0, 0.05) is 36.8 Å². The van der Waals surface area contributed by atoms with E-state index in [1.54, 1.807) is 0 Å². The van der Waals surface area contributed by atoms with Gasteiger partial charge in [-0.1, -0.05) is 22.8 Å². The molecule has 1 aromatic carbocycles. The molecule has 112 valence electrons. The van der Waals surface area contributed by atoms with Crippen molar-refractivity contribution in [2.45, 2.75) is 19.9 Å². The van der Waals surface area contributed by atoms with Crippen molar-refractivity contribution in [2.75, 3.05) is 26.2 Å². The van der Waals surface area contributed by atoms with Crippen molar-refractivity contribution in [1.29, 1.82) is 0 Å². The van der Waals surface area contributed by atoms with E-state index in [2.05, 4.69) is 27.3 Å². The number of aryl methyl sites for hydroxylation is 1. The first kappa shape index (κ1) is 14.5. The molecule has 1 fully saturated rings. The summed E-state index contributed by atoms with van der Waals surface area (Å²) in [4.78, 5) is 6.92. The van der Waals surface area contributed by atoms with Gasteiger partial charge in [0.2, 0.25) is 0 Å². The highest BCUT2D eigenvalue weighted by Gasteiger charge is 2.23. The van der Waals surface area contributed by atoms with Crippen molar-refractivity contribution in [1.82, 2.24) is 20.4 Å². The Morgan fingerprint density at radius 2 is 2.10 bits per heavy atom. The Morgan fingerprint density at radius 3 is 2.86 bits per heavy atom. The second kappa shape index (κ2) is 6.13. The number of hydrogen-bond donors (Lipinski definition) is 1. The molecule has 3 rings (SSSR count). The molecule has 0 saturated carbocycles. The Morgan fingerprint density at radius 1 is 1.33 bits per heavy atom. The van der Waals surface area contributed by atoms with Gasteiger partial charge < -0.3 is 9.84 Å². The molecule has 21 heavy (non-hydrogen) atoms. The molecule has 0 bridgehead atoms. The Hall–Kier alpha value is -1.43. The van der Waals surface area contributed by atoms with E-state index in [1.807, 2.05) is 25.1 Å². The molecule has 0 spiro atoms. The largest absolute Gasteiger partial charge is 0.334 e. The van der Waals surface area contributed by atoms with Crippen molar-refractivity contribution in [3.63, 3.8) is 0 Å². The van der Waals surface area contributed by atoms with Crippen LogP contribution in [0, 0.1) is 6.92 Å². The molecule has 0 radical (unpaired) electrons. The highest BCUT2D eigenvalue weighted by molar-refractivity contribution is 6.30. The monoisotopic (exact) mass is 306 g/mol. The molecule has 5 nitrogen and oxygen atoms in total. The number of aromatic nitrogens is 2. The van der Waals surface area contributed by atoms with Crippen molar-refractivity contribution >= 4 is 11.6 Å². The van der Waals surface area contributed by atoms with Crippen LogP contribution in [-0.4, -0.2) is 41.2 Å². The molecule has 2 heterocycles. The topological polar surface area (TPSA) is 54.2 Å². The standard InChI is InChI=1S/C15H19ClN4O/c1-10-3-4-12(16)9-13(10)15-18-14(19-21-15)11(2)20-7-5-17-6-8-20/h3-4,9,11,17H,5-8H2,1-2H3. The van der Waals surface area contributed by atoms with Crippen LogP contribution in [0.5, 0.6) is 0 Å². The maximum absolute atomic E-state index is 6.05. The van der Waals surface area contributed by atoms with E-state index in [0.29, 0.717) is 10.9 Å². The van der Waals surface area contributed by atoms with Gasteiger partial charge in [0.1, 0.15) is 0 Å². The first-order valence-electron chi connectivity index (χ1n) is 7.20. The molecule has 1 atom stereocenters. The molecule has 6 heteroatoms. The van der Waals surface area contributed by atoms with E-state index < -0.39 is 0 Å².